The van der Waals surface area contributed by atoms with E-state index >= 15 is 0 Å². The number of halogens is 3. The van der Waals surface area contributed by atoms with Crippen molar-refractivity contribution >= 4 is 0 Å². The van der Waals surface area contributed by atoms with Crippen molar-refractivity contribution in [3.63, 3.8) is 0 Å². The van der Waals surface area contributed by atoms with Gasteiger partial charge in [0.05, 0.1) is 6.04 Å². The Bertz CT molecular complexity index is 376. The zero-order chi connectivity index (χ0) is 12.5. The summed E-state index contributed by atoms with van der Waals surface area (Å²) in [6, 6.07) is 3.31. The number of hydrogen-bond acceptors (Lipinski definition) is 2. The second kappa shape index (κ2) is 4.43. The summed E-state index contributed by atoms with van der Waals surface area (Å²) in [7, 11) is 0. The monoisotopic (exact) mass is 233 g/mol. The van der Waals surface area contributed by atoms with Crippen LogP contribution in [0.1, 0.15) is 22.7 Å². The van der Waals surface area contributed by atoms with Gasteiger partial charge < -0.3 is 10.8 Å². The first-order valence-electron chi connectivity index (χ1n) is 4.81. The van der Waals surface area contributed by atoms with Crippen molar-refractivity contribution in [2.24, 2.45) is 5.73 Å². The fraction of sp³-hybridized carbons (Fsp3) is 0.455. The van der Waals surface area contributed by atoms with E-state index in [-0.39, 0.29) is 5.56 Å². The van der Waals surface area contributed by atoms with Crippen molar-refractivity contribution in [3.8, 4) is 0 Å². The zero-order valence-electron chi connectivity index (χ0n) is 9.05. The summed E-state index contributed by atoms with van der Waals surface area (Å²) in [6.07, 6.45) is -7.23. The number of aliphatic hydroxyl groups excluding tert-OH is 1. The molecule has 0 saturated heterocycles. The summed E-state index contributed by atoms with van der Waals surface area (Å²) in [6.45, 7) is 3.64. The number of nitrogens with two attached hydrogens (primary N) is 1. The highest BCUT2D eigenvalue weighted by molar-refractivity contribution is 5.32. The first kappa shape index (κ1) is 13.0. The third-order valence-electron chi connectivity index (χ3n) is 2.59. The molecule has 0 unspecified atom stereocenters. The van der Waals surface area contributed by atoms with Gasteiger partial charge in [0.25, 0.3) is 0 Å². The van der Waals surface area contributed by atoms with Crippen molar-refractivity contribution in [1.29, 1.82) is 0 Å². The molecule has 0 aromatic heterocycles. The molecule has 0 amide bonds. The van der Waals surface area contributed by atoms with Gasteiger partial charge in [-0.2, -0.15) is 13.2 Å². The number of alkyl halides is 3. The molecule has 0 saturated carbocycles. The number of rotatable bonds is 2. The maximum Gasteiger partial charge on any atom is 0.416 e. The zero-order valence-corrected chi connectivity index (χ0v) is 9.05. The molecule has 0 aliphatic rings. The van der Waals surface area contributed by atoms with E-state index in [1.54, 1.807) is 19.1 Å². The number of aliphatic hydroxyl groups is 1. The molecule has 2 atom stereocenters. The first-order chi connectivity index (χ1) is 7.23. The molecular formula is C11H14F3NO. The van der Waals surface area contributed by atoms with Gasteiger partial charge in [0.2, 0.25) is 0 Å². The minimum Gasteiger partial charge on any atom is -0.382 e. The average molecular weight is 233 g/mol. The van der Waals surface area contributed by atoms with E-state index in [2.05, 4.69) is 0 Å². The molecule has 0 aliphatic carbocycles. The minimum atomic E-state index is -4.70. The van der Waals surface area contributed by atoms with Crippen LogP contribution in [-0.2, 0) is 0 Å². The van der Waals surface area contributed by atoms with Gasteiger partial charge >= 0.3 is 6.18 Å². The van der Waals surface area contributed by atoms with Crippen molar-refractivity contribution in [1.82, 2.24) is 0 Å². The van der Waals surface area contributed by atoms with Gasteiger partial charge in [0.15, 0.2) is 6.10 Å². The van der Waals surface area contributed by atoms with Crippen molar-refractivity contribution < 1.29 is 18.3 Å². The minimum absolute atomic E-state index is 0.285. The van der Waals surface area contributed by atoms with Crippen LogP contribution in [-0.4, -0.2) is 17.4 Å². The molecule has 3 N–H and O–H groups in total. The molecule has 0 fully saturated rings. The van der Waals surface area contributed by atoms with E-state index in [0.717, 1.165) is 11.1 Å². The number of benzene rings is 1. The van der Waals surface area contributed by atoms with E-state index in [9.17, 15) is 13.2 Å². The maximum absolute atomic E-state index is 12.2. The van der Waals surface area contributed by atoms with Crippen LogP contribution in [0.4, 0.5) is 13.2 Å². The van der Waals surface area contributed by atoms with Crippen LogP contribution >= 0.6 is 0 Å². The molecule has 0 radical (unpaired) electrons. The Labute approximate surface area is 91.9 Å². The van der Waals surface area contributed by atoms with Gasteiger partial charge in [-0.25, -0.2) is 0 Å². The van der Waals surface area contributed by atoms with Gasteiger partial charge in [-0.05, 0) is 30.5 Å². The summed E-state index contributed by atoms with van der Waals surface area (Å²) < 4.78 is 36.7. The number of aryl methyl sites for hydroxylation is 2. The molecule has 2 nitrogen and oxygen atoms in total. The fourth-order valence-electron chi connectivity index (χ4n) is 1.36. The summed E-state index contributed by atoms with van der Waals surface area (Å²) in [5, 5.41) is 9.02. The lowest BCUT2D eigenvalue weighted by atomic mass is 9.98. The molecule has 90 valence electrons. The van der Waals surface area contributed by atoms with Crippen molar-refractivity contribution in [2.75, 3.05) is 0 Å². The topological polar surface area (TPSA) is 46.2 Å². The Hall–Kier alpha value is -1.07. The Morgan fingerprint density at radius 3 is 2.19 bits per heavy atom. The van der Waals surface area contributed by atoms with Crippen molar-refractivity contribution in [3.05, 3.63) is 34.9 Å². The third-order valence-corrected chi connectivity index (χ3v) is 2.59. The van der Waals surface area contributed by atoms with Gasteiger partial charge in [-0.1, -0.05) is 18.2 Å². The van der Waals surface area contributed by atoms with Crippen LogP contribution < -0.4 is 5.73 Å². The van der Waals surface area contributed by atoms with Crippen LogP contribution in [0.5, 0.6) is 0 Å². The lowest BCUT2D eigenvalue weighted by molar-refractivity contribution is -0.210. The fourth-order valence-corrected chi connectivity index (χ4v) is 1.36. The predicted octanol–water partition coefficient (Wildman–Crippen LogP) is 2.23. The second-order valence-electron chi connectivity index (χ2n) is 3.86. The van der Waals surface area contributed by atoms with E-state index in [0.29, 0.717) is 0 Å². The highest BCUT2D eigenvalue weighted by atomic mass is 19.4. The van der Waals surface area contributed by atoms with E-state index < -0.39 is 18.3 Å². The lowest BCUT2D eigenvalue weighted by Crippen LogP contribution is -2.38. The molecule has 0 bridgehead atoms. The highest BCUT2D eigenvalue weighted by Gasteiger charge is 2.42. The summed E-state index contributed by atoms with van der Waals surface area (Å²) in [5.74, 6) is 0. The molecule has 0 aliphatic heterocycles. The molecule has 1 rings (SSSR count). The van der Waals surface area contributed by atoms with Crippen LogP contribution in [0, 0.1) is 13.8 Å². The lowest BCUT2D eigenvalue weighted by Gasteiger charge is -2.22. The Balaban J connectivity index is 2.97. The Morgan fingerprint density at radius 2 is 1.75 bits per heavy atom. The molecule has 0 spiro atoms. The maximum atomic E-state index is 12.2. The molecule has 16 heavy (non-hydrogen) atoms. The van der Waals surface area contributed by atoms with E-state index in [1.807, 2.05) is 6.92 Å². The Morgan fingerprint density at radius 1 is 1.19 bits per heavy atom. The molecule has 1 aromatic rings. The predicted molar refractivity (Wildman–Crippen MR) is 54.9 cm³/mol. The third kappa shape index (κ3) is 2.74. The van der Waals surface area contributed by atoms with Gasteiger partial charge in [-0.15, -0.1) is 0 Å². The van der Waals surface area contributed by atoms with Crippen LogP contribution in [0.25, 0.3) is 0 Å². The SMILES string of the molecule is Cc1ccc([C@H](N)[C@H](O)C(F)(F)F)cc1C. The van der Waals surface area contributed by atoms with Crippen LogP contribution in [0.3, 0.4) is 0 Å². The van der Waals surface area contributed by atoms with Gasteiger partial charge in [-0.3, -0.25) is 0 Å². The van der Waals surface area contributed by atoms with E-state index in [4.69, 9.17) is 10.8 Å². The first-order valence-corrected chi connectivity index (χ1v) is 4.81. The van der Waals surface area contributed by atoms with E-state index in [1.165, 1.54) is 6.07 Å². The largest absolute Gasteiger partial charge is 0.416 e. The standard InChI is InChI=1S/C11H14F3NO/c1-6-3-4-8(5-7(6)2)9(15)10(16)11(12,13)14/h3-5,9-10,16H,15H2,1-2H3/t9-,10-/m0/s1. The molecule has 5 heteroatoms. The van der Waals surface area contributed by atoms with Crippen molar-refractivity contribution in [2.45, 2.75) is 32.2 Å². The number of hydrogen-bond donors (Lipinski definition) is 2. The quantitative estimate of drug-likeness (QED) is 0.822. The van der Waals surface area contributed by atoms with Gasteiger partial charge in [0.1, 0.15) is 0 Å². The average Bonchev–Trinajstić information content (AvgIpc) is 2.18. The highest BCUT2D eigenvalue weighted by Crippen LogP contribution is 2.29. The summed E-state index contributed by atoms with van der Waals surface area (Å²) in [4.78, 5) is 0. The molecule has 1 aromatic carbocycles. The summed E-state index contributed by atoms with van der Waals surface area (Å²) in [5.41, 5.74) is 7.48. The molecule has 0 heterocycles. The summed E-state index contributed by atoms with van der Waals surface area (Å²) >= 11 is 0. The normalized spacial score (nSPS) is 15.9. The van der Waals surface area contributed by atoms with Crippen LogP contribution in [0.15, 0.2) is 18.2 Å². The smallest absolute Gasteiger partial charge is 0.382 e. The Kier molecular flexibility index (Phi) is 3.60. The molecular weight excluding hydrogens is 219 g/mol. The second-order valence-corrected chi connectivity index (χ2v) is 3.86. The van der Waals surface area contributed by atoms with Crippen LogP contribution in [0.2, 0.25) is 0 Å². The van der Waals surface area contributed by atoms with Gasteiger partial charge in [0, 0.05) is 0 Å².